The van der Waals surface area contributed by atoms with Crippen molar-refractivity contribution in [1.82, 2.24) is 24.7 Å². The van der Waals surface area contributed by atoms with Crippen molar-refractivity contribution in [2.24, 2.45) is 0 Å². The first-order chi connectivity index (χ1) is 11.8. The van der Waals surface area contributed by atoms with Crippen LogP contribution in [0.3, 0.4) is 0 Å². The van der Waals surface area contributed by atoms with E-state index in [4.69, 9.17) is 0 Å². The Morgan fingerprint density at radius 2 is 2.04 bits per heavy atom. The maximum absolute atomic E-state index is 13.7. The highest BCUT2D eigenvalue weighted by atomic mass is 19.4. The molecule has 0 fully saturated rings. The summed E-state index contributed by atoms with van der Waals surface area (Å²) in [5.41, 5.74) is -0.931. The fourth-order valence-corrected chi connectivity index (χ4v) is 2.01. The van der Waals surface area contributed by atoms with Crippen LogP contribution in [-0.4, -0.2) is 30.6 Å². The molecule has 0 saturated heterocycles. The summed E-state index contributed by atoms with van der Waals surface area (Å²) in [6.07, 6.45) is -2.98. The molecule has 130 valence electrons. The van der Waals surface area contributed by atoms with Crippen LogP contribution in [0.5, 0.6) is 0 Å². The molecule has 0 radical (unpaired) electrons. The molecule has 0 aliphatic carbocycles. The average Bonchev–Trinajstić information content (AvgIpc) is 3.17. The van der Waals surface area contributed by atoms with Gasteiger partial charge in [-0.15, -0.1) is 5.10 Å². The normalized spacial score (nSPS) is 11.5. The van der Waals surface area contributed by atoms with E-state index in [1.807, 2.05) is 0 Å². The van der Waals surface area contributed by atoms with Crippen LogP contribution in [0.25, 0.3) is 11.4 Å². The molecule has 2 heterocycles. The number of amides is 1. The second kappa shape index (κ2) is 6.34. The standard InChI is InChI=1S/C14H10F4N6O/c15-9-4-2-1-3-8(9)12-21-13(23-22-12)20-11(25)6-24-5-10(19-7-24)14(16,17)18/h1-5,7H,6H2,(H2,20,21,22,23,25). The van der Waals surface area contributed by atoms with Gasteiger partial charge in [0.05, 0.1) is 11.9 Å². The van der Waals surface area contributed by atoms with Crippen molar-refractivity contribution in [1.29, 1.82) is 0 Å². The summed E-state index contributed by atoms with van der Waals surface area (Å²) in [4.78, 5) is 18.9. The number of hydrogen-bond donors (Lipinski definition) is 2. The summed E-state index contributed by atoms with van der Waals surface area (Å²) < 4.78 is 52.0. The Morgan fingerprint density at radius 3 is 2.72 bits per heavy atom. The third-order valence-electron chi connectivity index (χ3n) is 3.12. The lowest BCUT2D eigenvalue weighted by atomic mass is 10.2. The van der Waals surface area contributed by atoms with Crippen molar-refractivity contribution in [3.63, 3.8) is 0 Å². The van der Waals surface area contributed by atoms with E-state index in [0.717, 1.165) is 10.9 Å². The van der Waals surface area contributed by atoms with Crippen LogP contribution in [0.1, 0.15) is 5.69 Å². The predicted octanol–water partition coefficient (Wildman–Crippen LogP) is 2.46. The van der Waals surface area contributed by atoms with Crippen molar-refractivity contribution < 1.29 is 22.4 Å². The molecule has 11 heteroatoms. The van der Waals surface area contributed by atoms with Crippen molar-refractivity contribution in [3.05, 3.63) is 48.3 Å². The SMILES string of the molecule is O=C(Cn1cnc(C(F)(F)F)c1)Nc1n[nH]c(-c2ccccc2F)n1. The monoisotopic (exact) mass is 354 g/mol. The number of nitrogens with zero attached hydrogens (tertiary/aromatic N) is 4. The van der Waals surface area contributed by atoms with Crippen LogP contribution in [0, 0.1) is 5.82 Å². The first kappa shape index (κ1) is 16.6. The molecule has 0 spiro atoms. The highest BCUT2D eigenvalue weighted by Gasteiger charge is 2.33. The van der Waals surface area contributed by atoms with E-state index in [1.165, 1.54) is 18.2 Å². The molecule has 0 unspecified atom stereocenters. The molecular weight excluding hydrogens is 344 g/mol. The highest BCUT2D eigenvalue weighted by molar-refractivity contribution is 5.88. The minimum absolute atomic E-state index is 0.107. The van der Waals surface area contributed by atoms with Crippen molar-refractivity contribution in [2.45, 2.75) is 12.7 Å². The van der Waals surface area contributed by atoms with E-state index in [1.54, 1.807) is 6.07 Å². The van der Waals surface area contributed by atoms with Crippen molar-refractivity contribution >= 4 is 11.9 Å². The van der Waals surface area contributed by atoms with E-state index in [2.05, 4.69) is 25.5 Å². The van der Waals surface area contributed by atoms with E-state index in [9.17, 15) is 22.4 Å². The third kappa shape index (κ3) is 3.82. The third-order valence-corrected chi connectivity index (χ3v) is 3.12. The van der Waals surface area contributed by atoms with E-state index < -0.39 is 30.1 Å². The molecule has 0 aliphatic heterocycles. The number of alkyl halides is 3. The van der Waals surface area contributed by atoms with E-state index >= 15 is 0 Å². The number of anilines is 1. The van der Waals surface area contributed by atoms with Gasteiger partial charge in [-0.2, -0.15) is 18.2 Å². The zero-order valence-corrected chi connectivity index (χ0v) is 12.4. The van der Waals surface area contributed by atoms with Gasteiger partial charge in [-0.3, -0.25) is 15.2 Å². The number of nitrogens with one attached hydrogen (secondary N) is 2. The molecule has 2 aromatic heterocycles. The fourth-order valence-electron chi connectivity index (χ4n) is 2.01. The maximum Gasteiger partial charge on any atom is 0.434 e. The summed E-state index contributed by atoms with van der Waals surface area (Å²) in [7, 11) is 0. The number of carbonyl (C=O) groups is 1. The number of rotatable bonds is 4. The minimum atomic E-state index is -4.58. The summed E-state index contributed by atoms with van der Waals surface area (Å²) in [5.74, 6) is -1.20. The van der Waals surface area contributed by atoms with Crippen LogP contribution >= 0.6 is 0 Å². The number of imidazole rings is 1. The van der Waals surface area contributed by atoms with Crippen LogP contribution in [0.15, 0.2) is 36.8 Å². The number of aromatic nitrogens is 5. The molecule has 0 atom stereocenters. The second-order valence-corrected chi connectivity index (χ2v) is 4.96. The lowest BCUT2D eigenvalue weighted by molar-refractivity contribution is -0.141. The Kier molecular flexibility index (Phi) is 4.21. The first-order valence-corrected chi connectivity index (χ1v) is 6.89. The van der Waals surface area contributed by atoms with Gasteiger partial charge in [-0.25, -0.2) is 9.37 Å². The van der Waals surface area contributed by atoms with Gasteiger partial charge in [0.1, 0.15) is 12.4 Å². The fraction of sp³-hybridized carbons (Fsp3) is 0.143. The smallest absolute Gasteiger partial charge is 0.327 e. The van der Waals surface area contributed by atoms with Crippen molar-refractivity contribution in [2.75, 3.05) is 5.32 Å². The molecule has 3 aromatic rings. The zero-order chi connectivity index (χ0) is 18.0. The van der Waals surface area contributed by atoms with Gasteiger partial charge in [0, 0.05) is 6.20 Å². The molecule has 2 N–H and O–H groups in total. The van der Waals surface area contributed by atoms with Gasteiger partial charge in [0.15, 0.2) is 11.5 Å². The Balaban J connectivity index is 1.66. The summed E-state index contributed by atoms with van der Waals surface area (Å²) in [6.45, 7) is -0.410. The highest BCUT2D eigenvalue weighted by Crippen LogP contribution is 2.27. The molecule has 0 aliphatic rings. The lowest BCUT2D eigenvalue weighted by Gasteiger charge is -2.02. The summed E-state index contributed by atoms with van der Waals surface area (Å²) >= 11 is 0. The molecule has 1 amide bonds. The van der Waals surface area contributed by atoms with Crippen LogP contribution in [0.4, 0.5) is 23.5 Å². The molecular formula is C14H10F4N6O. The topological polar surface area (TPSA) is 88.5 Å². The van der Waals surface area contributed by atoms with Crippen LogP contribution in [0.2, 0.25) is 0 Å². The van der Waals surface area contributed by atoms with Crippen LogP contribution < -0.4 is 5.32 Å². The van der Waals surface area contributed by atoms with E-state index in [-0.39, 0.29) is 17.3 Å². The van der Waals surface area contributed by atoms with E-state index in [0.29, 0.717) is 6.20 Å². The molecule has 0 bridgehead atoms. The molecule has 7 nitrogen and oxygen atoms in total. The van der Waals surface area contributed by atoms with Gasteiger partial charge >= 0.3 is 6.18 Å². The number of aromatic amines is 1. The summed E-state index contributed by atoms with van der Waals surface area (Å²) in [5, 5.41) is 8.50. The Bertz CT molecular complexity index is 901. The minimum Gasteiger partial charge on any atom is -0.327 e. The molecule has 0 saturated carbocycles. The molecule has 1 aromatic carbocycles. The van der Waals surface area contributed by atoms with Gasteiger partial charge in [0.25, 0.3) is 0 Å². The van der Waals surface area contributed by atoms with Gasteiger partial charge in [-0.05, 0) is 12.1 Å². The number of H-pyrrole nitrogens is 1. The van der Waals surface area contributed by atoms with Crippen LogP contribution in [-0.2, 0) is 17.5 Å². The second-order valence-electron chi connectivity index (χ2n) is 4.96. The molecule has 25 heavy (non-hydrogen) atoms. The first-order valence-electron chi connectivity index (χ1n) is 6.89. The predicted molar refractivity (Wildman–Crippen MR) is 77.6 cm³/mol. The van der Waals surface area contributed by atoms with Crippen molar-refractivity contribution in [3.8, 4) is 11.4 Å². The van der Waals surface area contributed by atoms with Gasteiger partial charge in [0.2, 0.25) is 11.9 Å². The zero-order valence-electron chi connectivity index (χ0n) is 12.4. The van der Waals surface area contributed by atoms with Gasteiger partial charge < -0.3 is 4.57 Å². The largest absolute Gasteiger partial charge is 0.434 e. The Hall–Kier alpha value is -3.24. The van der Waals surface area contributed by atoms with Gasteiger partial charge in [-0.1, -0.05) is 12.1 Å². The average molecular weight is 354 g/mol. The number of carbonyl (C=O) groups excluding carboxylic acids is 1. The Labute approximate surface area is 137 Å². The quantitative estimate of drug-likeness (QED) is 0.705. The number of benzene rings is 1. The summed E-state index contributed by atoms with van der Waals surface area (Å²) in [6, 6.07) is 5.84. The Morgan fingerprint density at radius 1 is 1.28 bits per heavy atom. The lowest BCUT2D eigenvalue weighted by Crippen LogP contribution is -2.18. The number of halogens is 4. The molecule has 3 rings (SSSR count). The maximum atomic E-state index is 13.7. The number of hydrogen-bond acceptors (Lipinski definition) is 4.